The average Bonchev–Trinajstić information content (AvgIpc) is 3.27. The van der Waals surface area contributed by atoms with Crippen LogP contribution in [0, 0.1) is 6.92 Å². The van der Waals surface area contributed by atoms with Crippen LogP contribution in [0.2, 0.25) is 0 Å². The van der Waals surface area contributed by atoms with Gasteiger partial charge in [-0.15, -0.1) is 5.10 Å². The van der Waals surface area contributed by atoms with Crippen LogP contribution < -0.4 is 15.4 Å². The summed E-state index contributed by atoms with van der Waals surface area (Å²) in [6.45, 7) is 2.05. The normalized spacial score (nSPS) is 10.8. The summed E-state index contributed by atoms with van der Waals surface area (Å²) >= 11 is 0. The number of hydrogen-bond donors (Lipinski definition) is 3. The smallest absolute Gasteiger partial charge is 0.246 e. The minimum Gasteiger partial charge on any atom is -0.457 e. The molecule has 0 aliphatic carbocycles. The number of hydrogen-bond acceptors (Lipinski definition) is 7. The minimum absolute atomic E-state index is 0.519. The summed E-state index contributed by atoms with van der Waals surface area (Å²) in [5.41, 5.74) is 3.88. The molecule has 3 N–H and O–H groups in total. The highest BCUT2D eigenvalue weighted by Gasteiger charge is 2.08. The van der Waals surface area contributed by atoms with E-state index in [-0.39, 0.29) is 0 Å². The van der Waals surface area contributed by atoms with Crippen LogP contribution in [0.1, 0.15) is 5.56 Å². The number of aryl methyl sites for hydroxylation is 1. The fourth-order valence-electron chi connectivity index (χ4n) is 3.31. The van der Waals surface area contributed by atoms with Crippen LogP contribution in [0.3, 0.4) is 0 Å². The molecule has 2 heterocycles. The molecule has 0 bridgehead atoms. The third-order valence-corrected chi connectivity index (χ3v) is 4.90. The highest BCUT2D eigenvalue weighted by atomic mass is 16.5. The second-order valence-electron chi connectivity index (χ2n) is 7.29. The Bertz CT molecular complexity index is 1380. The Hall–Kier alpha value is -4.46. The predicted octanol–water partition coefficient (Wildman–Crippen LogP) is 5.30. The Labute approximate surface area is 184 Å². The Morgan fingerprint density at radius 3 is 2.53 bits per heavy atom. The molecular formula is C24H21N7O. The van der Waals surface area contributed by atoms with Crippen LogP contribution in [0.4, 0.5) is 17.6 Å². The largest absolute Gasteiger partial charge is 0.457 e. The highest BCUT2D eigenvalue weighted by Crippen LogP contribution is 2.27. The molecule has 8 nitrogen and oxygen atoms in total. The van der Waals surface area contributed by atoms with E-state index in [2.05, 4.69) is 35.8 Å². The highest BCUT2D eigenvalue weighted by molar-refractivity contribution is 5.80. The molecule has 2 aromatic heterocycles. The number of aromatic nitrogens is 5. The van der Waals surface area contributed by atoms with Gasteiger partial charge in [0.05, 0.1) is 5.52 Å². The van der Waals surface area contributed by atoms with Crippen molar-refractivity contribution in [2.75, 3.05) is 17.7 Å². The lowest BCUT2D eigenvalue weighted by atomic mass is 10.2. The van der Waals surface area contributed by atoms with Gasteiger partial charge in [-0.1, -0.05) is 12.1 Å². The first kappa shape index (κ1) is 19.5. The van der Waals surface area contributed by atoms with E-state index in [1.54, 1.807) is 13.2 Å². The van der Waals surface area contributed by atoms with Gasteiger partial charge in [0.2, 0.25) is 11.9 Å². The van der Waals surface area contributed by atoms with Gasteiger partial charge in [0, 0.05) is 29.9 Å². The first-order chi connectivity index (χ1) is 15.7. The second kappa shape index (κ2) is 8.35. The van der Waals surface area contributed by atoms with E-state index < -0.39 is 0 Å². The Morgan fingerprint density at radius 1 is 0.875 bits per heavy atom. The zero-order valence-corrected chi connectivity index (χ0v) is 17.6. The molecular weight excluding hydrogens is 402 g/mol. The van der Waals surface area contributed by atoms with Crippen molar-refractivity contribution >= 4 is 28.5 Å². The summed E-state index contributed by atoms with van der Waals surface area (Å²) in [5.74, 6) is 3.22. The summed E-state index contributed by atoms with van der Waals surface area (Å²) in [5, 5.41) is 14.3. The molecule has 5 rings (SSSR count). The van der Waals surface area contributed by atoms with Gasteiger partial charge in [0.15, 0.2) is 5.82 Å². The standard InChI is InChI=1S/C24H21N7O/c1-15-4-3-5-18(12-15)27-24-29-22(30-31-24)16-6-8-19(9-7-16)32-20-10-11-21-17(13-20)14-26-23(25-2)28-21/h3-14H,1-2H3,(H,25,26,28)(H2,27,29,30,31). The number of anilines is 3. The summed E-state index contributed by atoms with van der Waals surface area (Å²) in [6.07, 6.45) is 1.77. The molecule has 5 aromatic rings. The molecule has 0 amide bonds. The topological polar surface area (TPSA) is 101 Å². The van der Waals surface area contributed by atoms with E-state index in [1.165, 1.54) is 5.56 Å². The Kier molecular flexibility index (Phi) is 5.09. The lowest BCUT2D eigenvalue weighted by Gasteiger charge is -2.08. The zero-order chi connectivity index (χ0) is 21.9. The van der Waals surface area contributed by atoms with Gasteiger partial charge < -0.3 is 15.4 Å². The molecule has 0 unspecified atom stereocenters. The maximum atomic E-state index is 6.00. The van der Waals surface area contributed by atoms with Gasteiger partial charge >= 0.3 is 0 Å². The fraction of sp³-hybridized carbons (Fsp3) is 0.0833. The van der Waals surface area contributed by atoms with Crippen molar-refractivity contribution in [2.24, 2.45) is 0 Å². The maximum Gasteiger partial charge on any atom is 0.246 e. The predicted molar refractivity (Wildman–Crippen MR) is 125 cm³/mol. The number of benzene rings is 3. The zero-order valence-electron chi connectivity index (χ0n) is 17.6. The summed E-state index contributed by atoms with van der Waals surface area (Å²) < 4.78 is 6.00. The van der Waals surface area contributed by atoms with Gasteiger partial charge in [0.1, 0.15) is 11.5 Å². The van der Waals surface area contributed by atoms with Crippen LogP contribution in [0.15, 0.2) is 72.9 Å². The van der Waals surface area contributed by atoms with Gasteiger partial charge in [-0.3, -0.25) is 5.10 Å². The molecule has 158 valence electrons. The van der Waals surface area contributed by atoms with Gasteiger partial charge in [0.25, 0.3) is 0 Å². The third kappa shape index (κ3) is 4.20. The number of nitrogens with zero attached hydrogens (tertiary/aromatic N) is 4. The first-order valence-electron chi connectivity index (χ1n) is 10.2. The van der Waals surface area contributed by atoms with E-state index in [0.29, 0.717) is 17.7 Å². The molecule has 0 spiro atoms. The van der Waals surface area contributed by atoms with Crippen molar-refractivity contribution in [1.82, 2.24) is 25.1 Å². The Morgan fingerprint density at radius 2 is 1.72 bits per heavy atom. The van der Waals surface area contributed by atoms with E-state index in [0.717, 1.165) is 33.7 Å². The molecule has 0 saturated heterocycles. The molecule has 0 aliphatic heterocycles. The molecule has 3 aromatic carbocycles. The summed E-state index contributed by atoms with van der Waals surface area (Å²) in [7, 11) is 1.79. The molecule has 0 radical (unpaired) electrons. The van der Waals surface area contributed by atoms with Crippen molar-refractivity contribution in [3.05, 3.63) is 78.5 Å². The number of rotatable bonds is 6. The van der Waals surface area contributed by atoms with E-state index in [4.69, 9.17) is 4.74 Å². The van der Waals surface area contributed by atoms with Crippen molar-refractivity contribution in [3.63, 3.8) is 0 Å². The quantitative estimate of drug-likeness (QED) is 0.341. The lowest BCUT2D eigenvalue weighted by molar-refractivity contribution is 0.483. The molecule has 0 fully saturated rings. The lowest BCUT2D eigenvalue weighted by Crippen LogP contribution is -1.95. The van der Waals surface area contributed by atoms with Crippen molar-refractivity contribution in [2.45, 2.75) is 6.92 Å². The molecule has 0 saturated carbocycles. The SMILES string of the molecule is CNc1ncc2cc(Oc3ccc(-c4nc(Nc5cccc(C)c5)n[nH]4)cc3)ccc2n1. The van der Waals surface area contributed by atoms with Gasteiger partial charge in [-0.25, -0.2) is 9.97 Å². The number of nitrogens with one attached hydrogen (secondary N) is 3. The number of H-pyrrole nitrogens is 1. The van der Waals surface area contributed by atoms with Crippen LogP contribution in [-0.4, -0.2) is 32.2 Å². The number of ether oxygens (including phenoxy) is 1. The van der Waals surface area contributed by atoms with Crippen molar-refractivity contribution in [1.29, 1.82) is 0 Å². The summed E-state index contributed by atoms with van der Waals surface area (Å²) in [6, 6.07) is 21.5. The van der Waals surface area contributed by atoms with Crippen molar-refractivity contribution < 1.29 is 4.74 Å². The number of aromatic amines is 1. The van der Waals surface area contributed by atoms with Gasteiger partial charge in [-0.05, 0) is 67.1 Å². The van der Waals surface area contributed by atoms with Crippen LogP contribution in [-0.2, 0) is 0 Å². The molecule has 32 heavy (non-hydrogen) atoms. The summed E-state index contributed by atoms with van der Waals surface area (Å²) in [4.78, 5) is 13.2. The van der Waals surface area contributed by atoms with Crippen molar-refractivity contribution in [3.8, 4) is 22.9 Å². The minimum atomic E-state index is 0.519. The molecule has 8 heteroatoms. The third-order valence-electron chi connectivity index (χ3n) is 4.90. The van der Waals surface area contributed by atoms with Crippen LogP contribution >= 0.6 is 0 Å². The van der Waals surface area contributed by atoms with E-state index in [1.807, 2.05) is 73.7 Å². The molecule has 0 atom stereocenters. The Balaban J connectivity index is 1.29. The second-order valence-corrected chi connectivity index (χ2v) is 7.29. The van der Waals surface area contributed by atoms with Crippen LogP contribution in [0.25, 0.3) is 22.3 Å². The van der Waals surface area contributed by atoms with E-state index in [9.17, 15) is 0 Å². The molecule has 0 aliphatic rings. The first-order valence-corrected chi connectivity index (χ1v) is 10.2. The number of fused-ring (bicyclic) bond motifs is 1. The van der Waals surface area contributed by atoms with Crippen LogP contribution in [0.5, 0.6) is 11.5 Å². The van der Waals surface area contributed by atoms with Gasteiger partial charge in [-0.2, -0.15) is 4.98 Å². The fourth-order valence-corrected chi connectivity index (χ4v) is 3.31. The van der Waals surface area contributed by atoms with E-state index >= 15 is 0 Å². The monoisotopic (exact) mass is 423 g/mol. The average molecular weight is 423 g/mol. The maximum absolute atomic E-state index is 6.00.